The Hall–Kier alpha value is -4.58. The summed E-state index contributed by atoms with van der Waals surface area (Å²) in [5.41, 5.74) is 8.75. The van der Waals surface area contributed by atoms with Crippen LogP contribution in [0.1, 0.15) is 145 Å². The zero-order valence-electron chi connectivity index (χ0n) is 31.0. The Bertz CT molecular complexity index is 1670. The van der Waals surface area contributed by atoms with E-state index in [1.54, 1.807) is 24.3 Å². The zero-order valence-corrected chi connectivity index (χ0v) is 31.0. The van der Waals surface area contributed by atoms with Crippen LogP contribution in [0.4, 0.5) is 0 Å². The number of hydrogen-bond acceptors (Lipinski definition) is 6. The van der Waals surface area contributed by atoms with E-state index in [0.29, 0.717) is 83.8 Å². The fourth-order valence-corrected chi connectivity index (χ4v) is 6.75. The van der Waals surface area contributed by atoms with Gasteiger partial charge in [-0.05, 0) is 104 Å². The fourth-order valence-electron chi connectivity index (χ4n) is 6.75. The minimum Gasteiger partial charge on any atom is -0.507 e. The molecule has 4 aromatic rings. The third kappa shape index (κ3) is 7.90. The molecule has 264 valence electrons. The molecular formula is C44H52O6. The number of phenolic OH excluding ortho intramolecular Hbond substituents is 2. The van der Waals surface area contributed by atoms with Gasteiger partial charge in [-0.3, -0.25) is 9.59 Å². The van der Waals surface area contributed by atoms with E-state index in [1.807, 2.05) is 0 Å². The van der Waals surface area contributed by atoms with Crippen molar-refractivity contribution in [1.29, 1.82) is 0 Å². The SMILES string of the molecule is CCCOc1c2cc(C(C)(C)C)cc1Cc1cc(C=O)cc(c1O)Cc1cc(C(C)(C)C)cc(c1OCCC)Cc1cc(C=O)cc(c1O)C2. The first-order chi connectivity index (χ1) is 23.7. The number of aromatic hydroxyl groups is 2. The first-order valence-corrected chi connectivity index (χ1v) is 17.8. The number of rotatable bonds is 8. The second-order valence-corrected chi connectivity index (χ2v) is 15.8. The molecule has 0 saturated heterocycles. The average Bonchev–Trinajstić information content (AvgIpc) is 3.05. The van der Waals surface area contributed by atoms with E-state index in [1.165, 1.54) is 0 Å². The van der Waals surface area contributed by atoms with E-state index in [4.69, 9.17) is 9.47 Å². The summed E-state index contributed by atoms with van der Waals surface area (Å²) in [4.78, 5) is 24.7. The predicted octanol–water partition coefficient (Wildman–Crippen LogP) is 9.57. The van der Waals surface area contributed by atoms with Gasteiger partial charge >= 0.3 is 0 Å². The maximum Gasteiger partial charge on any atom is 0.150 e. The van der Waals surface area contributed by atoms with Crippen molar-refractivity contribution in [3.05, 3.63) is 115 Å². The summed E-state index contributed by atoms with van der Waals surface area (Å²) in [7, 11) is 0. The molecule has 0 atom stereocenters. The molecule has 0 aliphatic heterocycles. The molecule has 6 heteroatoms. The van der Waals surface area contributed by atoms with E-state index in [-0.39, 0.29) is 22.3 Å². The van der Waals surface area contributed by atoms with Gasteiger partial charge in [-0.25, -0.2) is 0 Å². The lowest BCUT2D eigenvalue weighted by atomic mass is 9.81. The quantitative estimate of drug-likeness (QED) is 0.159. The highest BCUT2D eigenvalue weighted by Crippen LogP contribution is 2.42. The molecule has 0 amide bonds. The molecule has 0 spiro atoms. The van der Waals surface area contributed by atoms with Crippen molar-refractivity contribution >= 4 is 12.6 Å². The Morgan fingerprint density at radius 2 is 0.800 bits per heavy atom. The Labute approximate surface area is 297 Å². The van der Waals surface area contributed by atoms with Gasteiger partial charge in [0, 0.05) is 36.8 Å². The van der Waals surface area contributed by atoms with E-state index >= 15 is 0 Å². The van der Waals surface area contributed by atoms with Gasteiger partial charge < -0.3 is 19.7 Å². The number of phenols is 2. The van der Waals surface area contributed by atoms with E-state index in [9.17, 15) is 19.8 Å². The van der Waals surface area contributed by atoms with Crippen LogP contribution in [0.5, 0.6) is 23.0 Å². The number of benzene rings is 4. The lowest BCUT2D eigenvalue weighted by molar-refractivity contribution is 0.111. The molecule has 1 aliphatic rings. The largest absolute Gasteiger partial charge is 0.507 e. The Kier molecular flexibility index (Phi) is 10.8. The number of aldehydes is 2. The summed E-state index contributed by atoms with van der Waals surface area (Å²) >= 11 is 0. The van der Waals surface area contributed by atoms with Gasteiger partial charge in [0.25, 0.3) is 0 Å². The van der Waals surface area contributed by atoms with Crippen LogP contribution in [0.15, 0.2) is 48.5 Å². The first kappa shape index (κ1) is 36.7. The molecule has 0 heterocycles. The lowest BCUT2D eigenvalue weighted by Crippen LogP contribution is -2.15. The van der Waals surface area contributed by atoms with Crippen LogP contribution in [0.3, 0.4) is 0 Å². The van der Waals surface area contributed by atoms with Gasteiger partial charge in [-0.1, -0.05) is 79.7 Å². The zero-order chi connectivity index (χ0) is 36.4. The molecule has 0 unspecified atom stereocenters. The summed E-state index contributed by atoms with van der Waals surface area (Å²) in [5, 5.41) is 23.9. The normalized spacial score (nSPS) is 13.1. The van der Waals surface area contributed by atoms with Gasteiger partial charge in [0.2, 0.25) is 0 Å². The monoisotopic (exact) mass is 676 g/mol. The molecule has 1 aliphatic carbocycles. The highest BCUT2D eigenvalue weighted by atomic mass is 16.5. The Morgan fingerprint density at radius 1 is 0.520 bits per heavy atom. The van der Waals surface area contributed by atoms with E-state index in [0.717, 1.165) is 58.8 Å². The number of fused-ring (bicyclic) bond motifs is 8. The van der Waals surface area contributed by atoms with E-state index in [2.05, 4.69) is 79.7 Å². The van der Waals surface area contributed by atoms with Crippen LogP contribution < -0.4 is 9.47 Å². The molecule has 5 rings (SSSR count). The third-order valence-electron chi connectivity index (χ3n) is 9.49. The fraction of sp³-hybridized carbons (Fsp3) is 0.409. The molecular weight excluding hydrogens is 624 g/mol. The minimum atomic E-state index is -0.217. The molecule has 8 bridgehead atoms. The van der Waals surface area contributed by atoms with Crippen LogP contribution >= 0.6 is 0 Å². The summed E-state index contributed by atoms with van der Waals surface area (Å²) < 4.78 is 13.0. The van der Waals surface area contributed by atoms with Gasteiger partial charge in [-0.15, -0.1) is 0 Å². The lowest BCUT2D eigenvalue weighted by Gasteiger charge is -2.26. The topological polar surface area (TPSA) is 93.1 Å². The summed E-state index contributed by atoms with van der Waals surface area (Å²) in [5.74, 6) is 1.68. The maximum absolute atomic E-state index is 12.4. The minimum absolute atomic E-state index is 0.148. The third-order valence-corrected chi connectivity index (χ3v) is 9.49. The number of hydrogen-bond donors (Lipinski definition) is 2. The number of carbonyl (C=O) groups is 2. The molecule has 50 heavy (non-hydrogen) atoms. The molecule has 4 aromatic carbocycles. The van der Waals surface area contributed by atoms with Crippen molar-refractivity contribution in [3.63, 3.8) is 0 Å². The van der Waals surface area contributed by atoms with E-state index < -0.39 is 0 Å². The predicted molar refractivity (Wildman–Crippen MR) is 200 cm³/mol. The van der Waals surface area contributed by atoms with Crippen LogP contribution in [0.25, 0.3) is 0 Å². The van der Waals surface area contributed by atoms with Gasteiger partial charge in [0.05, 0.1) is 13.2 Å². The Morgan fingerprint density at radius 3 is 1.02 bits per heavy atom. The molecule has 0 aromatic heterocycles. The van der Waals surface area contributed by atoms with Crippen LogP contribution in [-0.4, -0.2) is 36.0 Å². The van der Waals surface area contributed by atoms with Crippen molar-refractivity contribution in [1.82, 2.24) is 0 Å². The highest BCUT2D eigenvalue weighted by Gasteiger charge is 2.26. The highest BCUT2D eigenvalue weighted by molar-refractivity contribution is 5.78. The van der Waals surface area contributed by atoms with Crippen molar-refractivity contribution in [2.24, 2.45) is 0 Å². The van der Waals surface area contributed by atoms with Crippen LogP contribution in [0.2, 0.25) is 0 Å². The molecule has 0 saturated carbocycles. The van der Waals surface area contributed by atoms with Crippen molar-refractivity contribution in [3.8, 4) is 23.0 Å². The first-order valence-electron chi connectivity index (χ1n) is 17.8. The summed E-state index contributed by atoms with van der Waals surface area (Å²) in [6.45, 7) is 18.0. The smallest absolute Gasteiger partial charge is 0.150 e. The maximum atomic E-state index is 12.4. The standard InChI is InChI=1S/C44H52O6/c1-9-11-49-41-33-17-29-13-27(25-45)15-31(39(29)47)19-35-23-38(44(6,7)8)24-36(42(35)50-12-10-2)20-32-16-28(26-46)14-30(40(32)48)18-34(41)22-37(21-33)43(3,4)5/h13-16,21-26,47-48H,9-12,17-20H2,1-8H3. The Balaban J connectivity index is 1.89. The molecule has 6 nitrogen and oxygen atoms in total. The van der Waals surface area contributed by atoms with Gasteiger partial charge in [0.15, 0.2) is 0 Å². The second kappa shape index (κ2) is 14.7. The summed E-state index contributed by atoms with van der Waals surface area (Å²) in [6.07, 6.45) is 4.57. The van der Waals surface area contributed by atoms with Crippen molar-refractivity contribution < 1.29 is 29.3 Å². The number of ether oxygens (including phenoxy) is 2. The molecule has 2 N–H and O–H groups in total. The average molecular weight is 677 g/mol. The van der Waals surface area contributed by atoms with Crippen molar-refractivity contribution in [2.75, 3.05) is 13.2 Å². The summed E-state index contributed by atoms with van der Waals surface area (Å²) in [6, 6.07) is 15.6. The van der Waals surface area contributed by atoms with Crippen molar-refractivity contribution in [2.45, 2.75) is 105 Å². The molecule has 0 fully saturated rings. The molecule has 0 radical (unpaired) electrons. The van der Waals surface area contributed by atoms with Gasteiger partial charge in [0.1, 0.15) is 35.6 Å². The second-order valence-electron chi connectivity index (χ2n) is 15.8. The number of carbonyl (C=O) groups excluding carboxylic acids is 2. The van der Waals surface area contributed by atoms with Crippen LogP contribution in [0, 0.1) is 0 Å². The van der Waals surface area contributed by atoms with Crippen LogP contribution in [-0.2, 0) is 36.5 Å². The van der Waals surface area contributed by atoms with Gasteiger partial charge in [-0.2, -0.15) is 0 Å².